The summed E-state index contributed by atoms with van der Waals surface area (Å²) in [6.45, 7) is 0. The lowest BCUT2D eigenvalue weighted by molar-refractivity contribution is -0.384. The van der Waals surface area contributed by atoms with Gasteiger partial charge in [-0.05, 0) is 48.6 Å². The zero-order chi connectivity index (χ0) is 22.5. The molecule has 1 aromatic heterocycles. The van der Waals surface area contributed by atoms with Gasteiger partial charge in [-0.2, -0.15) is 0 Å². The quantitative estimate of drug-likeness (QED) is 0.185. The Kier molecular flexibility index (Phi) is 7.29. The molecule has 11 heteroatoms. The number of nitro groups is 1. The van der Waals surface area contributed by atoms with Crippen molar-refractivity contribution in [1.29, 1.82) is 0 Å². The molecule has 1 amide bonds. The maximum atomic E-state index is 12.1. The lowest BCUT2D eigenvalue weighted by Crippen LogP contribution is -2.32. The van der Waals surface area contributed by atoms with Crippen molar-refractivity contribution < 1.29 is 14.1 Å². The van der Waals surface area contributed by atoms with Crippen molar-refractivity contribution in [2.45, 2.75) is 0 Å². The summed E-state index contributed by atoms with van der Waals surface area (Å²) in [7, 11) is 0. The first-order valence-electron chi connectivity index (χ1n) is 8.53. The number of amides is 1. The van der Waals surface area contributed by atoms with E-state index in [1.165, 1.54) is 30.4 Å². The zero-order valence-corrected chi connectivity index (χ0v) is 18.5. The first-order chi connectivity index (χ1) is 14.7. The van der Waals surface area contributed by atoms with Crippen LogP contribution in [0.1, 0.15) is 5.76 Å². The number of nitro benzene ring substituents is 1. The molecule has 0 bridgehead atoms. The first-order valence-corrected chi connectivity index (χ1v) is 10.1. The minimum Gasteiger partial charge on any atom is -0.457 e. The molecule has 0 unspecified atom stereocenters. The fourth-order valence-electron chi connectivity index (χ4n) is 2.47. The van der Waals surface area contributed by atoms with E-state index < -0.39 is 10.8 Å². The monoisotopic (exact) mass is 495 g/mol. The average molecular weight is 497 g/mol. The molecule has 0 aliphatic rings. The molecule has 2 N–H and O–H groups in total. The molecule has 0 atom stereocenters. The van der Waals surface area contributed by atoms with E-state index in [1.807, 2.05) is 0 Å². The number of hydrogen-bond donors (Lipinski definition) is 2. The van der Waals surface area contributed by atoms with Crippen LogP contribution in [0.4, 0.5) is 11.4 Å². The predicted molar refractivity (Wildman–Crippen MR) is 126 cm³/mol. The maximum Gasteiger partial charge on any atom is 0.271 e. The Bertz CT molecular complexity index is 1210. The molecule has 0 spiro atoms. The van der Waals surface area contributed by atoms with Gasteiger partial charge in [0.1, 0.15) is 11.5 Å². The van der Waals surface area contributed by atoms with Gasteiger partial charge in [-0.25, -0.2) is 0 Å². The van der Waals surface area contributed by atoms with Gasteiger partial charge in [0.25, 0.3) is 5.69 Å². The maximum absolute atomic E-state index is 12.1. The minimum atomic E-state index is -0.569. The number of nitrogens with zero attached hydrogens (tertiary/aromatic N) is 1. The van der Waals surface area contributed by atoms with Gasteiger partial charge in [-0.3, -0.25) is 20.2 Å². The van der Waals surface area contributed by atoms with E-state index in [-0.39, 0.29) is 15.8 Å². The van der Waals surface area contributed by atoms with Gasteiger partial charge >= 0.3 is 0 Å². The first kappa shape index (κ1) is 22.8. The van der Waals surface area contributed by atoms with Crippen molar-refractivity contribution in [2.24, 2.45) is 0 Å². The SMILES string of the molecule is O=C(C=Cc1ccc(-c2cccc(Cl)c2Cl)o1)NC(=S)Nc1ccc([N+](=O)[O-])cc1Cl. The Labute approximate surface area is 196 Å². The second kappa shape index (κ2) is 9.93. The van der Waals surface area contributed by atoms with E-state index in [0.29, 0.717) is 32.8 Å². The summed E-state index contributed by atoms with van der Waals surface area (Å²) in [6.07, 6.45) is 2.69. The van der Waals surface area contributed by atoms with Crippen LogP contribution in [-0.2, 0) is 4.79 Å². The molecule has 31 heavy (non-hydrogen) atoms. The molecule has 7 nitrogen and oxygen atoms in total. The van der Waals surface area contributed by atoms with Crippen LogP contribution in [0.2, 0.25) is 15.1 Å². The summed E-state index contributed by atoms with van der Waals surface area (Å²) in [4.78, 5) is 22.3. The van der Waals surface area contributed by atoms with E-state index >= 15 is 0 Å². The van der Waals surface area contributed by atoms with Gasteiger partial charge in [-0.1, -0.05) is 40.9 Å². The fraction of sp³-hybridized carbons (Fsp3) is 0. The molecule has 0 radical (unpaired) electrons. The summed E-state index contributed by atoms with van der Waals surface area (Å²) < 4.78 is 5.67. The molecule has 0 saturated heterocycles. The van der Waals surface area contributed by atoms with Crippen molar-refractivity contribution in [3.63, 3.8) is 0 Å². The molecule has 0 aliphatic heterocycles. The fourth-order valence-corrected chi connectivity index (χ4v) is 3.29. The zero-order valence-electron chi connectivity index (χ0n) is 15.4. The molecule has 2 aromatic carbocycles. The number of rotatable bonds is 5. The summed E-state index contributed by atoms with van der Waals surface area (Å²) in [5.74, 6) is 0.394. The Morgan fingerprint density at radius 3 is 2.58 bits per heavy atom. The Morgan fingerprint density at radius 2 is 1.87 bits per heavy atom. The molecular weight excluding hydrogens is 485 g/mol. The van der Waals surface area contributed by atoms with Gasteiger partial charge in [0.15, 0.2) is 5.11 Å². The molecular formula is C20H12Cl3N3O4S. The predicted octanol–water partition coefficient (Wildman–Crippen LogP) is 6.34. The lowest BCUT2D eigenvalue weighted by Gasteiger charge is -2.09. The van der Waals surface area contributed by atoms with Crippen LogP contribution in [0.3, 0.4) is 0 Å². The number of anilines is 1. The van der Waals surface area contributed by atoms with E-state index in [1.54, 1.807) is 30.3 Å². The molecule has 0 fully saturated rings. The van der Waals surface area contributed by atoms with Crippen LogP contribution in [0.5, 0.6) is 0 Å². The lowest BCUT2D eigenvalue weighted by atomic mass is 10.2. The van der Waals surface area contributed by atoms with Crippen molar-refractivity contribution in [2.75, 3.05) is 5.32 Å². The number of carbonyl (C=O) groups excluding carboxylic acids is 1. The standard InChI is InChI=1S/C20H12Cl3N3O4S/c21-14-3-1-2-13(19(14)23)17-8-5-12(30-17)6-9-18(27)25-20(31)24-16-7-4-11(26(28)29)10-15(16)22/h1-10H,(H2,24,25,27,31). The van der Waals surface area contributed by atoms with E-state index in [9.17, 15) is 14.9 Å². The van der Waals surface area contributed by atoms with Crippen LogP contribution in [0, 0.1) is 10.1 Å². The van der Waals surface area contributed by atoms with E-state index in [0.717, 1.165) is 0 Å². The van der Waals surface area contributed by atoms with Crippen LogP contribution in [-0.4, -0.2) is 15.9 Å². The molecule has 1 heterocycles. The normalized spacial score (nSPS) is 10.8. The van der Waals surface area contributed by atoms with Crippen molar-refractivity contribution in [3.05, 3.63) is 85.5 Å². The van der Waals surface area contributed by atoms with Gasteiger partial charge in [0.05, 0.1) is 25.7 Å². The number of non-ortho nitro benzene ring substituents is 1. The highest BCUT2D eigenvalue weighted by Gasteiger charge is 2.12. The largest absolute Gasteiger partial charge is 0.457 e. The molecule has 158 valence electrons. The number of hydrogen-bond acceptors (Lipinski definition) is 5. The second-order valence-corrected chi connectivity index (χ2v) is 7.60. The van der Waals surface area contributed by atoms with Crippen LogP contribution in [0.25, 0.3) is 17.4 Å². The Balaban J connectivity index is 1.61. The summed E-state index contributed by atoms with van der Waals surface area (Å²) in [5, 5.41) is 16.7. The van der Waals surface area contributed by atoms with Crippen molar-refractivity contribution in [3.8, 4) is 11.3 Å². The third-order valence-electron chi connectivity index (χ3n) is 3.89. The van der Waals surface area contributed by atoms with Gasteiger partial charge in [0.2, 0.25) is 5.91 Å². The molecule has 3 aromatic rings. The highest BCUT2D eigenvalue weighted by atomic mass is 35.5. The highest BCUT2D eigenvalue weighted by molar-refractivity contribution is 7.80. The Hall–Kier alpha value is -2.91. The Morgan fingerprint density at radius 1 is 1.10 bits per heavy atom. The van der Waals surface area contributed by atoms with E-state index in [2.05, 4.69) is 10.6 Å². The third-order valence-corrected chi connectivity index (χ3v) is 5.23. The molecule has 3 rings (SSSR count). The molecule has 0 saturated carbocycles. The number of halogens is 3. The summed E-state index contributed by atoms with van der Waals surface area (Å²) in [5.41, 5.74) is 0.782. The topological polar surface area (TPSA) is 97.4 Å². The number of thiocarbonyl (C=S) groups is 1. The summed E-state index contributed by atoms with van der Waals surface area (Å²) in [6, 6.07) is 12.4. The number of furan rings is 1. The molecule has 0 aliphatic carbocycles. The van der Waals surface area contributed by atoms with Gasteiger partial charge in [0, 0.05) is 23.8 Å². The van der Waals surface area contributed by atoms with Crippen molar-refractivity contribution >= 4 is 75.5 Å². The smallest absolute Gasteiger partial charge is 0.271 e. The van der Waals surface area contributed by atoms with Crippen LogP contribution in [0.15, 0.2) is 59.0 Å². The summed E-state index contributed by atoms with van der Waals surface area (Å²) >= 11 is 23.2. The third kappa shape index (κ3) is 5.83. The van der Waals surface area contributed by atoms with Crippen LogP contribution >= 0.6 is 47.0 Å². The number of benzene rings is 2. The van der Waals surface area contributed by atoms with Crippen LogP contribution < -0.4 is 10.6 Å². The highest BCUT2D eigenvalue weighted by Crippen LogP contribution is 2.34. The second-order valence-electron chi connectivity index (χ2n) is 6.00. The van der Waals surface area contributed by atoms with Gasteiger partial charge < -0.3 is 9.73 Å². The average Bonchev–Trinajstić information content (AvgIpc) is 3.18. The van der Waals surface area contributed by atoms with Gasteiger partial charge in [-0.15, -0.1) is 0 Å². The van der Waals surface area contributed by atoms with Crippen molar-refractivity contribution in [1.82, 2.24) is 5.32 Å². The minimum absolute atomic E-state index is 0.0313. The number of carbonyl (C=O) groups is 1. The van der Waals surface area contributed by atoms with E-state index in [4.69, 9.17) is 51.4 Å². The number of nitrogens with one attached hydrogen (secondary N) is 2.